The second kappa shape index (κ2) is 4.56. The third-order valence-electron chi connectivity index (χ3n) is 1.01. The van der Waals surface area contributed by atoms with Crippen molar-refractivity contribution in [3.63, 3.8) is 0 Å². The topological polar surface area (TPSA) is 20.2 Å². The molecule has 0 rings (SSSR count). The molecule has 4 heteroatoms. The molecule has 0 aliphatic heterocycles. The van der Waals surface area contributed by atoms with E-state index < -0.39 is 9.90 Å². The van der Waals surface area contributed by atoms with Crippen LogP contribution in [0.5, 0.6) is 0 Å². The Morgan fingerprint density at radius 2 is 1.64 bits per heavy atom. The van der Waals surface area contributed by atoms with Gasteiger partial charge in [-0.05, 0) is 5.92 Å². The van der Waals surface area contributed by atoms with Crippen LogP contribution in [0.4, 0.5) is 0 Å². The zero-order valence-electron chi connectivity index (χ0n) is 6.39. The highest BCUT2D eigenvalue weighted by atomic mass is 35.6. The van der Waals surface area contributed by atoms with Crippen molar-refractivity contribution in [2.45, 2.75) is 23.7 Å². The summed E-state index contributed by atoms with van der Waals surface area (Å²) < 4.78 is -1.62. The third kappa shape index (κ3) is 5.80. The monoisotopic (exact) mass is 216 g/mol. The van der Waals surface area contributed by atoms with Crippen LogP contribution in [-0.2, 0) is 0 Å². The Hall–Kier alpha value is 0.570. The smallest absolute Gasteiger partial charge is 0.219 e. The first-order chi connectivity index (χ1) is 4.84. The van der Waals surface area contributed by atoms with Gasteiger partial charge in [-0.3, -0.25) is 0 Å². The van der Waals surface area contributed by atoms with Gasteiger partial charge in [0.1, 0.15) is 6.10 Å². The van der Waals surface area contributed by atoms with E-state index in [9.17, 15) is 0 Å². The third-order valence-corrected chi connectivity index (χ3v) is 1.68. The number of alkyl halides is 3. The Kier molecular flexibility index (Phi) is 4.80. The van der Waals surface area contributed by atoms with E-state index in [0.29, 0.717) is 5.92 Å². The van der Waals surface area contributed by atoms with Crippen molar-refractivity contribution in [3.05, 3.63) is 12.2 Å². The summed E-state index contributed by atoms with van der Waals surface area (Å²) >= 11 is 16.2. The molecule has 66 valence electrons. The van der Waals surface area contributed by atoms with E-state index in [0.717, 1.165) is 0 Å². The summed E-state index contributed by atoms with van der Waals surface area (Å²) in [6, 6.07) is 0. The van der Waals surface area contributed by atoms with E-state index in [1.54, 1.807) is 6.08 Å². The molecule has 0 fully saturated rings. The maximum absolute atomic E-state index is 9.15. The molecule has 0 aliphatic rings. The fourth-order valence-corrected chi connectivity index (χ4v) is 0.655. The van der Waals surface area contributed by atoms with E-state index in [1.807, 2.05) is 13.8 Å². The lowest BCUT2D eigenvalue weighted by Gasteiger charge is -2.14. The largest absolute Gasteiger partial charge is 0.385 e. The SMILES string of the molecule is CC(C)/C=C/C(O)C(Cl)(Cl)Cl. The van der Waals surface area contributed by atoms with Gasteiger partial charge in [-0.25, -0.2) is 0 Å². The van der Waals surface area contributed by atoms with Crippen LogP contribution >= 0.6 is 34.8 Å². The van der Waals surface area contributed by atoms with Crippen molar-refractivity contribution < 1.29 is 5.11 Å². The predicted octanol–water partition coefficient (Wildman–Crippen LogP) is 2.93. The number of allylic oxidation sites excluding steroid dienone is 1. The summed E-state index contributed by atoms with van der Waals surface area (Å²) in [7, 11) is 0. The van der Waals surface area contributed by atoms with Crippen molar-refractivity contribution in [1.29, 1.82) is 0 Å². The molecule has 0 radical (unpaired) electrons. The summed E-state index contributed by atoms with van der Waals surface area (Å²) in [6.45, 7) is 3.95. The molecule has 1 nitrogen and oxygen atoms in total. The van der Waals surface area contributed by atoms with E-state index in [-0.39, 0.29) is 0 Å². The van der Waals surface area contributed by atoms with E-state index in [1.165, 1.54) is 6.08 Å². The minimum absolute atomic E-state index is 0.344. The van der Waals surface area contributed by atoms with Gasteiger partial charge in [0.05, 0.1) is 0 Å². The lowest BCUT2D eigenvalue weighted by atomic mass is 10.2. The molecule has 0 heterocycles. The molecule has 0 amide bonds. The van der Waals surface area contributed by atoms with Gasteiger partial charge < -0.3 is 5.11 Å². The fourth-order valence-electron chi connectivity index (χ4n) is 0.437. The molecule has 0 aromatic carbocycles. The first kappa shape index (κ1) is 11.6. The number of halogens is 3. The van der Waals surface area contributed by atoms with Crippen LogP contribution in [-0.4, -0.2) is 15.0 Å². The Bertz CT molecular complexity index is 137. The van der Waals surface area contributed by atoms with E-state index in [4.69, 9.17) is 39.9 Å². The zero-order valence-corrected chi connectivity index (χ0v) is 8.66. The van der Waals surface area contributed by atoms with Crippen LogP contribution in [0.15, 0.2) is 12.2 Å². The van der Waals surface area contributed by atoms with Crippen molar-refractivity contribution in [3.8, 4) is 0 Å². The molecule has 0 aromatic heterocycles. The summed E-state index contributed by atoms with van der Waals surface area (Å²) in [4.78, 5) is 0. The standard InChI is InChI=1S/C7H11Cl3O/c1-5(2)3-4-6(11)7(8,9)10/h3-6,11H,1-2H3/b4-3+. The van der Waals surface area contributed by atoms with Crippen molar-refractivity contribution in [1.82, 2.24) is 0 Å². The summed E-state index contributed by atoms with van der Waals surface area (Å²) in [5, 5.41) is 9.15. The molecule has 0 spiro atoms. The highest BCUT2D eigenvalue weighted by Crippen LogP contribution is 2.30. The van der Waals surface area contributed by atoms with Gasteiger partial charge in [0, 0.05) is 0 Å². The molecule has 0 bridgehead atoms. The molecule has 1 unspecified atom stereocenters. The van der Waals surface area contributed by atoms with Gasteiger partial charge in [-0.1, -0.05) is 60.8 Å². The number of aliphatic hydroxyl groups is 1. The van der Waals surface area contributed by atoms with Crippen LogP contribution in [0.25, 0.3) is 0 Å². The summed E-state index contributed by atoms with van der Waals surface area (Å²) in [5.74, 6) is 0.344. The molecule has 0 aromatic rings. The molecule has 0 saturated heterocycles. The minimum Gasteiger partial charge on any atom is -0.385 e. The lowest BCUT2D eigenvalue weighted by molar-refractivity contribution is 0.227. The predicted molar refractivity (Wildman–Crippen MR) is 50.3 cm³/mol. The van der Waals surface area contributed by atoms with Gasteiger partial charge in [0.15, 0.2) is 0 Å². The average molecular weight is 218 g/mol. The molecule has 11 heavy (non-hydrogen) atoms. The highest BCUT2D eigenvalue weighted by Gasteiger charge is 2.28. The van der Waals surface area contributed by atoms with Gasteiger partial charge in [0.25, 0.3) is 0 Å². The Morgan fingerprint density at radius 3 is 1.91 bits per heavy atom. The van der Waals surface area contributed by atoms with E-state index >= 15 is 0 Å². The minimum atomic E-state index is -1.62. The molecule has 0 aliphatic carbocycles. The Balaban J connectivity index is 3.97. The summed E-state index contributed by atoms with van der Waals surface area (Å²) in [5.41, 5.74) is 0. The van der Waals surface area contributed by atoms with Crippen molar-refractivity contribution in [2.75, 3.05) is 0 Å². The summed E-state index contributed by atoms with van der Waals surface area (Å²) in [6.07, 6.45) is 2.24. The van der Waals surface area contributed by atoms with Crippen molar-refractivity contribution >= 4 is 34.8 Å². The van der Waals surface area contributed by atoms with Gasteiger partial charge in [-0.2, -0.15) is 0 Å². The first-order valence-corrected chi connectivity index (χ1v) is 4.40. The van der Waals surface area contributed by atoms with Crippen LogP contribution in [0.3, 0.4) is 0 Å². The van der Waals surface area contributed by atoms with Crippen LogP contribution in [0.2, 0.25) is 0 Å². The maximum Gasteiger partial charge on any atom is 0.219 e. The number of hydrogen-bond acceptors (Lipinski definition) is 1. The molecule has 0 saturated carbocycles. The molecule has 1 atom stereocenters. The molecular formula is C7H11Cl3O. The van der Waals surface area contributed by atoms with Gasteiger partial charge in [0.2, 0.25) is 3.79 Å². The number of hydrogen-bond donors (Lipinski definition) is 1. The maximum atomic E-state index is 9.15. The first-order valence-electron chi connectivity index (χ1n) is 3.27. The van der Waals surface area contributed by atoms with Crippen LogP contribution in [0, 0.1) is 5.92 Å². The van der Waals surface area contributed by atoms with Crippen LogP contribution < -0.4 is 0 Å². The molecular weight excluding hydrogens is 206 g/mol. The van der Waals surface area contributed by atoms with Crippen molar-refractivity contribution in [2.24, 2.45) is 5.92 Å². The van der Waals surface area contributed by atoms with Gasteiger partial charge >= 0.3 is 0 Å². The van der Waals surface area contributed by atoms with E-state index in [2.05, 4.69) is 0 Å². The fraction of sp³-hybridized carbons (Fsp3) is 0.714. The molecule has 1 N–H and O–H groups in total. The highest BCUT2D eigenvalue weighted by molar-refractivity contribution is 6.68. The zero-order chi connectivity index (χ0) is 9.07. The Morgan fingerprint density at radius 1 is 1.18 bits per heavy atom. The quantitative estimate of drug-likeness (QED) is 0.557. The second-order valence-electron chi connectivity index (χ2n) is 2.62. The number of rotatable bonds is 2. The number of aliphatic hydroxyl groups excluding tert-OH is 1. The second-order valence-corrected chi connectivity index (χ2v) is 4.98. The Labute approximate surface area is 81.9 Å². The normalized spacial score (nSPS) is 16.3. The lowest BCUT2D eigenvalue weighted by Crippen LogP contribution is -2.22. The van der Waals surface area contributed by atoms with Gasteiger partial charge in [-0.15, -0.1) is 0 Å². The average Bonchev–Trinajstić information content (AvgIpc) is 1.80. The van der Waals surface area contributed by atoms with Crippen LogP contribution in [0.1, 0.15) is 13.8 Å².